The highest BCUT2D eigenvalue weighted by molar-refractivity contribution is 9.10. The fourth-order valence-electron chi connectivity index (χ4n) is 2.08. The summed E-state index contributed by atoms with van der Waals surface area (Å²) in [6.45, 7) is 0. The van der Waals surface area contributed by atoms with E-state index in [0.29, 0.717) is 16.3 Å². The van der Waals surface area contributed by atoms with Gasteiger partial charge in [0.15, 0.2) is 0 Å². The van der Waals surface area contributed by atoms with Crippen LogP contribution in [0.15, 0.2) is 58.4 Å². The largest absolute Gasteiger partial charge is 0.326 e. The molecule has 3 rings (SSSR count). The molecule has 0 unspecified atom stereocenters. The van der Waals surface area contributed by atoms with Gasteiger partial charge in [0.2, 0.25) is 5.91 Å². The molecule has 2 aromatic carbocycles. The van der Waals surface area contributed by atoms with E-state index in [4.69, 9.17) is 0 Å². The van der Waals surface area contributed by atoms with Crippen LogP contribution in [0.2, 0.25) is 0 Å². The van der Waals surface area contributed by atoms with E-state index in [9.17, 15) is 9.18 Å². The minimum Gasteiger partial charge on any atom is -0.326 e. The Morgan fingerprint density at radius 2 is 2.04 bits per heavy atom. The number of hydrogen-bond donors (Lipinski definition) is 1. The first kappa shape index (κ1) is 15.8. The predicted octanol–water partition coefficient (Wildman–Crippen LogP) is 4.89. The molecule has 0 spiro atoms. The molecule has 23 heavy (non-hydrogen) atoms. The minimum absolute atomic E-state index is 0.140. The van der Waals surface area contributed by atoms with E-state index >= 15 is 0 Å². The van der Waals surface area contributed by atoms with Gasteiger partial charge < -0.3 is 5.32 Å². The van der Waals surface area contributed by atoms with Crippen LogP contribution in [0.25, 0.3) is 10.6 Å². The molecule has 1 aromatic heterocycles. The van der Waals surface area contributed by atoms with Crippen molar-refractivity contribution in [3.05, 3.63) is 69.9 Å². The molecule has 1 N–H and O–H groups in total. The van der Waals surface area contributed by atoms with Crippen molar-refractivity contribution in [2.75, 3.05) is 5.32 Å². The van der Waals surface area contributed by atoms with Crippen molar-refractivity contribution in [3.63, 3.8) is 0 Å². The van der Waals surface area contributed by atoms with Gasteiger partial charge in [0.1, 0.15) is 10.8 Å². The minimum atomic E-state index is -0.299. The molecule has 0 fully saturated rings. The number of rotatable bonds is 4. The molecule has 0 saturated carbocycles. The second-order valence-corrected chi connectivity index (χ2v) is 6.66. The van der Waals surface area contributed by atoms with Gasteiger partial charge in [-0.05, 0) is 30.3 Å². The fraction of sp³-hybridized carbons (Fsp3) is 0.0588. The van der Waals surface area contributed by atoms with Gasteiger partial charge in [0, 0.05) is 21.1 Å². The lowest BCUT2D eigenvalue weighted by Crippen LogP contribution is -2.14. The van der Waals surface area contributed by atoms with Crippen LogP contribution in [0.5, 0.6) is 0 Å². The highest BCUT2D eigenvalue weighted by Crippen LogP contribution is 2.24. The highest BCUT2D eigenvalue weighted by atomic mass is 79.9. The third-order valence-electron chi connectivity index (χ3n) is 3.07. The van der Waals surface area contributed by atoms with Crippen molar-refractivity contribution in [1.29, 1.82) is 0 Å². The zero-order valence-electron chi connectivity index (χ0n) is 11.9. The lowest BCUT2D eigenvalue weighted by atomic mass is 10.2. The van der Waals surface area contributed by atoms with Crippen molar-refractivity contribution in [3.8, 4) is 10.6 Å². The molecular weight excluding hydrogens is 379 g/mol. The summed E-state index contributed by atoms with van der Waals surface area (Å²) in [5.74, 6) is -0.439. The van der Waals surface area contributed by atoms with Crippen molar-refractivity contribution in [1.82, 2.24) is 4.98 Å². The summed E-state index contributed by atoms with van der Waals surface area (Å²) in [5, 5.41) is 5.35. The Kier molecular flexibility index (Phi) is 4.83. The topological polar surface area (TPSA) is 42.0 Å². The van der Waals surface area contributed by atoms with Crippen LogP contribution in [0.1, 0.15) is 5.69 Å². The monoisotopic (exact) mass is 390 g/mol. The molecule has 3 nitrogen and oxygen atoms in total. The summed E-state index contributed by atoms with van der Waals surface area (Å²) in [5.41, 5.74) is 2.11. The zero-order chi connectivity index (χ0) is 16.2. The van der Waals surface area contributed by atoms with E-state index in [1.165, 1.54) is 23.5 Å². The third kappa shape index (κ3) is 4.24. The van der Waals surface area contributed by atoms with E-state index in [1.54, 1.807) is 12.1 Å². The Morgan fingerprint density at radius 3 is 2.83 bits per heavy atom. The van der Waals surface area contributed by atoms with E-state index < -0.39 is 0 Å². The molecule has 0 aliphatic heterocycles. The summed E-state index contributed by atoms with van der Waals surface area (Å²) in [4.78, 5) is 16.5. The first-order chi connectivity index (χ1) is 11.1. The Bertz CT molecular complexity index is 850. The quantitative estimate of drug-likeness (QED) is 0.688. The van der Waals surface area contributed by atoms with Gasteiger partial charge in [0.05, 0.1) is 12.1 Å². The van der Waals surface area contributed by atoms with E-state index in [0.717, 1.165) is 10.2 Å². The number of nitrogens with zero attached hydrogens (tertiary/aromatic N) is 1. The molecule has 0 aliphatic carbocycles. The number of benzene rings is 2. The van der Waals surface area contributed by atoms with E-state index in [-0.39, 0.29) is 18.1 Å². The molecule has 1 amide bonds. The van der Waals surface area contributed by atoms with Crippen LogP contribution in [0, 0.1) is 5.82 Å². The number of aromatic nitrogens is 1. The van der Waals surface area contributed by atoms with Crippen molar-refractivity contribution in [2.24, 2.45) is 0 Å². The van der Waals surface area contributed by atoms with Crippen LogP contribution in [-0.4, -0.2) is 10.9 Å². The number of carbonyl (C=O) groups is 1. The van der Waals surface area contributed by atoms with Gasteiger partial charge in [-0.15, -0.1) is 11.3 Å². The molecule has 116 valence electrons. The molecule has 3 aromatic rings. The predicted molar refractivity (Wildman–Crippen MR) is 94.0 cm³/mol. The van der Waals surface area contributed by atoms with E-state index in [2.05, 4.69) is 26.2 Å². The van der Waals surface area contributed by atoms with Gasteiger partial charge in [-0.25, -0.2) is 9.37 Å². The van der Waals surface area contributed by atoms with Crippen LogP contribution < -0.4 is 5.32 Å². The summed E-state index contributed by atoms with van der Waals surface area (Å²) in [6, 6.07) is 13.7. The summed E-state index contributed by atoms with van der Waals surface area (Å²) in [6.07, 6.45) is 0.179. The summed E-state index contributed by atoms with van der Waals surface area (Å²) < 4.78 is 14.2. The smallest absolute Gasteiger partial charge is 0.230 e. The SMILES string of the molecule is O=C(Cc1csc(-c2cccc(F)c2)n1)Nc1cccc(Br)c1. The van der Waals surface area contributed by atoms with Crippen molar-refractivity contribution >= 4 is 38.9 Å². The third-order valence-corrected chi connectivity index (χ3v) is 4.51. The number of amides is 1. The Balaban J connectivity index is 1.68. The van der Waals surface area contributed by atoms with Gasteiger partial charge in [0.25, 0.3) is 0 Å². The number of nitrogens with one attached hydrogen (secondary N) is 1. The van der Waals surface area contributed by atoms with Crippen LogP contribution in [-0.2, 0) is 11.2 Å². The second kappa shape index (κ2) is 7.02. The molecule has 0 bridgehead atoms. The van der Waals surface area contributed by atoms with Gasteiger partial charge in [-0.2, -0.15) is 0 Å². The number of anilines is 1. The van der Waals surface area contributed by atoms with Gasteiger partial charge in [-0.3, -0.25) is 4.79 Å². The summed E-state index contributed by atoms with van der Waals surface area (Å²) >= 11 is 4.76. The Hall–Kier alpha value is -2.05. The normalized spacial score (nSPS) is 10.5. The standard InChI is InChI=1S/C17H12BrFN2OS/c18-12-4-2-6-14(8-12)20-16(22)9-15-10-23-17(21-15)11-3-1-5-13(19)7-11/h1-8,10H,9H2,(H,20,22). The van der Waals surface area contributed by atoms with Crippen molar-refractivity contribution < 1.29 is 9.18 Å². The van der Waals surface area contributed by atoms with Gasteiger partial charge in [-0.1, -0.05) is 34.1 Å². The fourth-order valence-corrected chi connectivity index (χ4v) is 3.29. The average Bonchev–Trinajstić information content (AvgIpc) is 2.95. The van der Waals surface area contributed by atoms with Crippen LogP contribution >= 0.6 is 27.3 Å². The molecule has 0 aliphatic rings. The van der Waals surface area contributed by atoms with Crippen LogP contribution in [0.3, 0.4) is 0 Å². The number of carbonyl (C=O) groups excluding carboxylic acids is 1. The average molecular weight is 391 g/mol. The lowest BCUT2D eigenvalue weighted by molar-refractivity contribution is -0.115. The molecule has 0 radical (unpaired) electrons. The molecular formula is C17H12BrFN2OS. The lowest BCUT2D eigenvalue weighted by Gasteiger charge is -2.04. The van der Waals surface area contributed by atoms with Crippen LogP contribution in [0.4, 0.5) is 10.1 Å². The first-order valence-corrected chi connectivity index (χ1v) is 8.53. The summed E-state index contributed by atoms with van der Waals surface area (Å²) in [7, 11) is 0. The number of hydrogen-bond acceptors (Lipinski definition) is 3. The number of thiazole rings is 1. The van der Waals surface area contributed by atoms with Crippen molar-refractivity contribution in [2.45, 2.75) is 6.42 Å². The van der Waals surface area contributed by atoms with Gasteiger partial charge >= 0.3 is 0 Å². The Labute approximate surface area is 145 Å². The second-order valence-electron chi connectivity index (χ2n) is 4.89. The first-order valence-electron chi connectivity index (χ1n) is 6.86. The Morgan fingerprint density at radius 1 is 1.22 bits per heavy atom. The molecule has 0 saturated heterocycles. The maximum atomic E-state index is 13.3. The molecule has 1 heterocycles. The maximum absolute atomic E-state index is 13.3. The number of halogens is 2. The zero-order valence-corrected chi connectivity index (χ0v) is 14.3. The molecule has 0 atom stereocenters. The highest BCUT2D eigenvalue weighted by Gasteiger charge is 2.10. The maximum Gasteiger partial charge on any atom is 0.230 e. The van der Waals surface area contributed by atoms with E-state index in [1.807, 2.05) is 29.6 Å². The molecule has 6 heteroatoms.